The SMILES string of the molecule is CCNC1CCc2[nH]c3ccc(OC)cc3c21. The number of hydrogen-bond donors (Lipinski definition) is 2. The molecule has 1 aliphatic carbocycles. The van der Waals surface area contributed by atoms with Crippen LogP contribution in [-0.4, -0.2) is 18.6 Å². The van der Waals surface area contributed by atoms with Crippen LogP contribution in [0, 0.1) is 0 Å². The lowest BCUT2D eigenvalue weighted by atomic mass is 10.1. The van der Waals surface area contributed by atoms with Crippen LogP contribution in [0.3, 0.4) is 0 Å². The number of aryl methyl sites for hydroxylation is 1. The minimum atomic E-state index is 0.496. The van der Waals surface area contributed by atoms with Crippen molar-refractivity contribution in [1.29, 1.82) is 0 Å². The zero-order valence-electron chi connectivity index (χ0n) is 10.3. The predicted octanol–water partition coefficient (Wildman–Crippen LogP) is 2.77. The Balaban J connectivity index is 2.14. The van der Waals surface area contributed by atoms with Gasteiger partial charge in [-0.2, -0.15) is 0 Å². The zero-order valence-corrected chi connectivity index (χ0v) is 10.3. The molecule has 1 aromatic heterocycles. The first-order valence-electron chi connectivity index (χ1n) is 6.25. The molecule has 2 N–H and O–H groups in total. The van der Waals surface area contributed by atoms with E-state index < -0.39 is 0 Å². The van der Waals surface area contributed by atoms with E-state index in [2.05, 4.69) is 29.4 Å². The summed E-state index contributed by atoms with van der Waals surface area (Å²) in [7, 11) is 1.72. The van der Waals surface area contributed by atoms with Crippen molar-refractivity contribution < 1.29 is 4.74 Å². The molecule has 0 spiro atoms. The van der Waals surface area contributed by atoms with Crippen molar-refractivity contribution in [2.45, 2.75) is 25.8 Å². The van der Waals surface area contributed by atoms with Crippen LogP contribution >= 0.6 is 0 Å². The van der Waals surface area contributed by atoms with Crippen LogP contribution in [0.1, 0.15) is 30.6 Å². The third-order valence-electron chi connectivity index (χ3n) is 3.61. The molecule has 0 bridgehead atoms. The Hall–Kier alpha value is -1.48. The van der Waals surface area contributed by atoms with Crippen LogP contribution < -0.4 is 10.1 Å². The van der Waals surface area contributed by atoms with Crippen molar-refractivity contribution in [3.05, 3.63) is 29.5 Å². The fourth-order valence-electron chi connectivity index (χ4n) is 2.85. The average Bonchev–Trinajstić information content (AvgIpc) is 2.89. The number of fused-ring (bicyclic) bond motifs is 3. The Morgan fingerprint density at radius 3 is 3.12 bits per heavy atom. The number of aromatic amines is 1. The van der Waals surface area contributed by atoms with E-state index in [1.165, 1.54) is 28.6 Å². The Labute approximate surface area is 101 Å². The van der Waals surface area contributed by atoms with E-state index in [0.717, 1.165) is 18.7 Å². The summed E-state index contributed by atoms with van der Waals surface area (Å²) < 4.78 is 5.31. The van der Waals surface area contributed by atoms with Gasteiger partial charge in [-0.3, -0.25) is 0 Å². The molecule has 2 aromatic rings. The van der Waals surface area contributed by atoms with E-state index in [1.54, 1.807) is 7.11 Å². The number of aromatic nitrogens is 1. The molecule has 0 amide bonds. The molecule has 1 heterocycles. The van der Waals surface area contributed by atoms with Gasteiger partial charge in [-0.25, -0.2) is 0 Å². The topological polar surface area (TPSA) is 37.0 Å². The molecule has 0 saturated carbocycles. The third kappa shape index (κ3) is 1.62. The van der Waals surface area contributed by atoms with Crippen LogP contribution in [0.25, 0.3) is 10.9 Å². The minimum absolute atomic E-state index is 0.496. The smallest absolute Gasteiger partial charge is 0.119 e. The highest BCUT2D eigenvalue weighted by Gasteiger charge is 2.26. The number of ether oxygens (including phenoxy) is 1. The third-order valence-corrected chi connectivity index (χ3v) is 3.61. The molecule has 3 rings (SSSR count). The normalized spacial score (nSPS) is 18.6. The lowest BCUT2D eigenvalue weighted by molar-refractivity contribution is 0.415. The highest BCUT2D eigenvalue weighted by Crippen LogP contribution is 2.38. The Bertz CT molecular complexity index is 544. The van der Waals surface area contributed by atoms with Gasteiger partial charge < -0.3 is 15.0 Å². The van der Waals surface area contributed by atoms with Crippen LogP contribution in [0.15, 0.2) is 18.2 Å². The van der Waals surface area contributed by atoms with Crippen molar-refractivity contribution >= 4 is 10.9 Å². The fourth-order valence-corrected chi connectivity index (χ4v) is 2.85. The van der Waals surface area contributed by atoms with E-state index in [1.807, 2.05) is 6.07 Å². The molecule has 0 radical (unpaired) electrons. The van der Waals surface area contributed by atoms with Crippen molar-refractivity contribution in [2.75, 3.05) is 13.7 Å². The van der Waals surface area contributed by atoms with Gasteiger partial charge in [0.05, 0.1) is 7.11 Å². The number of benzene rings is 1. The van der Waals surface area contributed by atoms with E-state index in [-0.39, 0.29) is 0 Å². The lowest BCUT2D eigenvalue weighted by Crippen LogP contribution is -2.18. The quantitative estimate of drug-likeness (QED) is 0.850. The summed E-state index contributed by atoms with van der Waals surface area (Å²) in [4.78, 5) is 3.52. The molecule has 0 aliphatic heterocycles. The number of nitrogens with one attached hydrogen (secondary N) is 2. The molecule has 3 nitrogen and oxygen atoms in total. The summed E-state index contributed by atoms with van der Waals surface area (Å²) in [6.07, 6.45) is 2.34. The van der Waals surface area contributed by atoms with E-state index in [9.17, 15) is 0 Å². The molecule has 1 aliphatic rings. The molecule has 90 valence electrons. The van der Waals surface area contributed by atoms with Gasteiger partial charge >= 0.3 is 0 Å². The number of methoxy groups -OCH3 is 1. The van der Waals surface area contributed by atoms with Crippen molar-refractivity contribution in [3.8, 4) is 5.75 Å². The molecule has 0 saturated heterocycles. The standard InChI is InChI=1S/C14H18N2O/c1-3-15-12-6-7-13-14(12)10-8-9(17-2)4-5-11(10)16-13/h4-5,8,12,15-16H,3,6-7H2,1-2H3. The van der Waals surface area contributed by atoms with E-state index in [0.29, 0.717) is 6.04 Å². The molecular weight excluding hydrogens is 212 g/mol. The molecule has 1 aromatic carbocycles. The van der Waals surface area contributed by atoms with E-state index in [4.69, 9.17) is 4.74 Å². The maximum absolute atomic E-state index is 5.31. The fraction of sp³-hybridized carbons (Fsp3) is 0.429. The summed E-state index contributed by atoms with van der Waals surface area (Å²) in [6.45, 7) is 3.17. The number of H-pyrrole nitrogens is 1. The monoisotopic (exact) mass is 230 g/mol. The second-order valence-electron chi connectivity index (χ2n) is 4.58. The highest BCUT2D eigenvalue weighted by atomic mass is 16.5. The van der Waals surface area contributed by atoms with Crippen LogP contribution in [0.2, 0.25) is 0 Å². The summed E-state index contributed by atoms with van der Waals surface area (Å²) >= 11 is 0. The molecule has 17 heavy (non-hydrogen) atoms. The van der Waals surface area contributed by atoms with Gasteiger partial charge in [-0.1, -0.05) is 6.92 Å². The Kier molecular flexibility index (Phi) is 2.56. The van der Waals surface area contributed by atoms with Crippen molar-refractivity contribution in [1.82, 2.24) is 10.3 Å². The summed E-state index contributed by atoms with van der Waals surface area (Å²) in [5, 5.41) is 4.86. The maximum Gasteiger partial charge on any atom is 0.119 e. The lowest BCUT2D eigenvalue weighted by Gasteiger charge is -2.11. The second kappa shape index (κ2) is 4.08. The van der Waals surface area contributed by atoms with Gasteiger partial charge in [0.25, 0.3) is 0 Å². The number of hydrogen-bond acceptors (Lipinski definition) is 2. The number of rotatable bonds is 3. The van der Waals surface area contributed by atoms with Gasteiger partial charge in [-0.15, -0.1) is 0 Å². The Morgan fingerprint density at radius 2 is 2.35 bits per heavy atom. The maximum atomic E-state index is 5.31. The van der Waals surface area contributed by atoms with Gasteiger partial charge in [0.2, 0.25) is 0 Å². The summed E-state index contributed by atoms with van der Waals surface area (Å²) in [5.41, 5.74) is 4.05. The molecular formula is C14H18N2O. The van der Waals surface area contributed by atoms with Crippen LogP contribution in [0.5, 0.6) is 5.75 Å². The zero-order chi connectivity index (χ0) is 11.8. The van der Waals surface area contributed by atoms with Crippen molar-refractivity contribution in [2.24, 2.45) is 0 Å². The average molecular weight is 230 g/mol. The van der Waals surface area contributed by atoms with Crippen molar-refractivity contribution in [3.63, 3.8) is 0 Å². The van der Waals surface area contributed by atoms with Crippen LogP contribution in [-0.2, 0) is 6.42 Å². The first kappa shape index (κ1) is 10.7. The summed E-state index contributed by atoms with van der Waals surface area (Å²) in [5.74, 6) is 0.932. The van der Waals surface area contributed by atoms with E-state index >= 15 is 0 Å². The summed E-state index contributed by atoms with van der Waals surface area (Å²) in [6, 6.07) is 6.75. The van der Waals surface area contributed by atoms with Crippen LogP contribution in [0.4, 0.5) is 0 Å². The predicted molar refractivity (Wildman–Crippen MR) is 69.6 cm³/mol. The highest BCUT2D eigenvalue weighted by molar-refractivity contribution is 5.87. The largest absolute Gasteiger partial charge is 0.497 e. The van der Waals surface area contributed by atoms with Gasteiger partial charge in [0, 0.05) is 22.6 Å². The molecule has 1 unspecified atom stereocenters. The minimum Gasteiger partial charge on any atom is -0.497 e. The molecule has 3 heteroatoms. The van der Waals surface area contributed by atoms with Gasteiger partial charge in [0.1, 0.15) is 5.75 Å². The molecule has 0 fully saturated rings. The first-order valence-corrected chi connectivity index (χ1v) is 6.25. The first-order chi connectivity index (χ1) is 8.33. The Morgan fingerprint density at radius 1 is 1.47 bits per heavy atom. The molecule has 1 atom stereocenters. The van der Waals surface area contributed by atoms with Gasteiger partial charge in [0.15, 0.2) is 0 Å². The second-order valence-corrected chi connectivity index (χ2v) is 4.58. The van der Waals surface area contributed by atoms with Gasteiger partial charge in [-0.05, 0) is 43.1 Å².